The van der Waals surface area contributed by atoms with Crippen molar-refractivity contribution in [3.8, 4) is 0 Å². The molecule has 290 valence electrons. The van der Waals surface area contributed by atoms with Crippen LogP contribution in [0.4, 0.5) is 0 Å². The molecule has 0 aromatic carbocycles. The van der Waals surface area contributed by atoms with Gasteiger partial charge in [-0.15, -0.1) is 0 Å². The average molecular weight is 699 g/mol. The van der Waals surface area contributed by atoms with Crippen molar-refractivity contribution < 1.29 is 40.7 Å². The Hall–Kier alpha value is -0.320. The molecule has 8 aliphatic rings. The van der Waals surface area contributed by atoms with Crippen molar-refractivity contribution >= 4 is 0 Å². The van der Waals surface area contributed by atoms with Crippen LogP contribution in [0.25, 0.3) is 0 Å². The number of hydrogen-bond acceptors (Lipinski definition) is 8. The van der Waals surface area contributed by atoms with E-state index in [4.69, 9.17) is 37.9 Å². The summed E-state index contributed by atoms with van der Waals surface area (Å²) in [6.07, 6.45) is 18.4. The third-order valence-corrected chi connectivity index (χ3v) is 12.7. The van der Waals surface area contributed by atoms with Gasteiger partial charge in [-0.05, 0) is 101 Å². The van der Waals surface area contributed by atoms with Gasteiger partial charge in [0.2, 0.25) is 0 Å². The number of fused-ring (bicyclic) bond motifs is 2. The molecule has 5 saturated heterocycles. The van der Waals surface area contributed by atoms with Crippen molar-refractivity contribution in [2.24, 2.45) is 40.9 Å². The maximum absolute atomic E-state index is 6.23. The van der Waals surface area contributed by atoms with E-state index in [-0.39, 0.29) is 20.8 Å². The van der Waals surface area contributed by atoms with Gasteiger partial charge >= 0.3 is 0 Å². The number of ether oxygens (including phenoxy) is 8. The highest BCUT2D eigenvalue weighted by Gasteiger charge is 2.46. The first kappa shape index (κ1) is 39.9. The topological polar surface area (TPSA) is 77.1 Å². The Balaban J connectivity index is 0.000000185. The minimum atomic E-state index is -0.0721. The molecule has 8 unspecified atom stereocenters. The molecule has 8 heteroatoms. The van der Waals surface area contributed by atoms with Crippen LogP contribution >= 0.6 is 0 Å². The summed E-state index contributed by atoms with van der Waals surface area (Å²) in [5.74, 6) is 4.89. The van der Waals surface area contributed by atoms with Crippen LogP contribution in [0.1, 0.15) is 135 Å². The fourth-order valence-corrected chi connectivity index (χ4v) is 8.57. The van der Waals surface area contributed by atoms with E-state index in [9.17, 15) is 0 Å². The zero-order valence-electron chi connectivity index (χ0n) is 32.6. The van der Waals surface area contributed by atoms with E-state index in [1.807, 2.05) is 0 Å². The lowest BCUT2D eigenvalue weighted by Crippen LogP contribution is -2.52. The van der Waals surface area contributed by atoms with Crippen LogP contribution in [-0.4, -0.2) is 88.8 Å². The highest BCUT2D eigenvalue weighted by Crippen LogP contribution is 2.42. The molecule has 8 fully saturated rings. The molecule has 5 aliphatic heterocycles. The van der Waals surface area contributed by atoms with Gasteiger partial charge in [0.15, 0.2) is 12.6 Å². The fraction of sp³-hybridized carbons (Fsp3) is 1.00. The smallest absolute Gasteiger partial charge is 0.157 e. The Morgan fingerprint density at radius 2 is 0.878 bits per heavy atom. The van der Waals surface area contributed by atoms with E-state index in [1.54, 1.807) is 0 Å². The van der Waals surface area contributed by atoms with E-state index in [0.29, 0.717) is 74.9 Å². The normalized spacial score (nSPS) is 47.3. The maximum Gasteiger partial charge on any atom is 0.157 e. The zero-order valence-corrected chi connectivity index (χ0v) is 32.6. The van der Waals surface area contributed by atoms with Gasteiger partial charge in [0.05, 0.1) is 81.7 Å². The second-order valence-electron chi connectivity index (χ2n) is 17.5. The summed E-state index contributed by atoms with van der Waals surface area (Å²) in [5, 5.41) is 0. The SMILES string of the molecule is CC1CC2OC2CC1C.CC1CCC(OC2CCC(C)CC2)CC1.CC1COC2C(C)COC12.CCC1OCC2(CO1)COC(CC)OC2.[HH].[HH]. The van der Waals surface area contributed by atoms with Gasteiger partial charge in [-0.3, -0.25) is 0 Å². The summed E-state index contributed by atoms with van der Waals surface area (Å²) in [7, 11) is 0. The quantitative estimate of drug-likeness (QED) is 0.269. The molecule has 8 nitrogen and oxygen atoms in total. The molecule has 49 heavy (non-hydrogen) atoms. The molecule has 0 amide bonds. The van der Waals surface area contributed by atoms with Crippen LogP contribution in [0.3, 0.4) is 0 Å². The Bertz CT molecular complexity index is 853. The van der Waals surface area contributed by atoms with E-state index >= 15 is 0 Å². The largest absolute Gasteiger partial charge is 0.375 e. The highest BCUT2D eigenvalue weighted by atomic mass is 16.7. The highest BCUT2D eigenvalue weighted by molar-refractivity contribution is 4.93. The van der Waals surface area contributed by atoms with Crippen molar-refractivity contribution in [3.63, 3.8) is 0 Å². The predicted octanol–water partition coefficient (Wildman–Crippen LogP) is 9.07. The molecule has 8 atom stereocenters. The molecule has 8 rings (SSSR count). The standard InChI is InChI=1S/C14H26O.C11H20O4.C8H14O2.C8H14O.2H2/c1-11-3-7-13(8-4-11)15-14-9-5-12(2)6-10-14;1-3-9-12-5-11(6-13-9)7-14-10(4-2)15-8-11;1-5-3-9-8-6(2)4-10-7(5)8;1-5-3-7-8(9-7)4-6(5)2;;/h11-14H,3-10H2,1-2H3;9-10H,3-8H2,1-2H3;5-8H,3-4H2,1-2H3;5-8H,3-4H2,1-2H3;2*1H. The molecule has 3 aliphatic carbocycles. The second kappa shape index (κ2) is 19.1. The summed E-state index contributed by atoms with van der Waals surface area (Å²) in [6.45, 7) is 22.4. The molecule has 3 saturated carbocycles. The summed E-state index contributed by atoms with van der Waals surface area (Å²) < 4.78 is 45.2. The second-order valence-corrected chi connectivity index (χ2v) is 17.5. The Morgan fingerprint density at radius 3 is 1.22 bits per heavy atom. The molecule has 0 N–H and O–H groups in total. The fourth-order valence-electron chi connectivity index (χ4n) is 8.57. The number of rotatable bonds is 4. The van der Waals surface area contributed by atoms with Gasteiger partial charge < -0.3 is 37.9 Å². The number of epoxide rings is 1. The molecular formula is C41H78O8. The molecule has 0 bridgehead atoms. The van der Waals surface area contributed by atoms with Crippen LogP contribution < -0.4 is 0 Å². The van der Waals surface area contributed by atoms with Crippen molar-refractivity contribution in [2.45, 2.75) is 182 Å². The lowest BCUT2D eigenvalue weighted by Gasteiger charge is -2.43. The third kappa shape index (κ3) is 11.8. The lowest BCUT2D eigenvalue weighted by molar-refractivity contribution is -0.302. The number of hydrogen-bond donors (Lipinski definition) is 0. The van der Waals surface area contributed by atoms with Crippen LogP contribution in [0.5, 0.6) is 0 Å². The first-order chi connectivity index (χ1) is 23.6. The van der Waals surface area contributed by atoms with Gasteiger partial charge in [-0.1, -0.05) is 55.4 Å². The van der Waals surface area contributed by atoms with E-state index < -0.39 is 0 Å². The first-order valence-electron chi connectivity index (χ1n) is 20.6. The molecule has 0 aromatic heterocycles. The van der Waals surface area contributed by atoms with Gasteiger partial charge in [0.1, 0.15) is 0 Å². The van der Waals surface area contributed by atoms with Gasteiger partial charge in [-0.2, -0.15) is 0 Å². The monoisotopic (exact) mass is 699 g/mol. The van der Waals surface area contributed by atoms with Crippen molar-refractivity contribution in [1.29, 1.82) is 0 Å². The van der Waals surface area contributed by atoms with E-state index in [1.165, 1.54) is 64.2 Å². The predicted molar refractivity (Wildman–Crippen MR) is 197 cm³/mol. The van der Waals surface area contributed by atoms with E-state index in [0.717, 1.165) is 49.7 Å². The van der Waals surface area contributed by atoms with Crippen LogP contribution in [-0.2, 0) is 37.9 Å². The maximum atomic E-state index is 6.23. The van der Waals surface area contributed by atoms with E-state index in [2.05, 4.69) is 55.4 Å². The molecular weight excluding hydrogens is 620 g/mol. The molecule has 5 heterocycles. The molecule has 0 radical (unpaired) electrons. The van der Waals surface area contributed by atoms with Crippen molar-refractivity contribution in [1.82, 2.24) is 0 Å². The Morgan fingerprint density at radius 1 is 0.510 bits per heavy atom. The third-order valence-electron chi connectivity index (χ3n) is 12.7. The van der Waals surface area contributed by atoms with Crippen LogP contribution in [0.2, 0.25) is 0 Å². The Labute approximate surface area is 302 Å². The zero-order chi connectivity index (χ0) is 35.0. The van der Waals surface area contributed by atoms with Gasteiger partial charge in [-0.25, -0.2) is 0 Å². The molecule has 1 spiro atoms. The van der Waals surface area contributed by atoms with Gasteiger partial charge in [0, 0.05) is 14.7 Å². The summed E-state index contributed by atoms with van der Waals surface area (Å²) in [4.78, 5) is 0. The minimum Gasteiger partial charge on any atom is -0.375 e. The Kier molecular flexibility index (Phi) is 15.6. The average Bonchev–Trinajstić information content (AvgIpc) is 3.59. The van der Waals surface area contributed by atoms with Crippen molar-refractivity contribution in [2.75, 3.05) is 39.6 Å². The van der Waals surface area contributed by atoms with Gasteiger partial charge in [0.25, 0.3) is 0 Å². The molecule has 0 aromatic rings. The first-order valence-corrected chi connectivity index (χ1v) is 20.6. The van der Waals surface area contributed by atoms with Crippen LogP contribution in [0.15, 0.2) is 0 Å². The van der Waals surface area contributed by atoms with Crippen LogP contribution in [0, 0.1) is 40.9 Å². The summed E-state index contributed by atoms with van der Waals surface area (Å²) in [5.41, 5.74) is -0.0721. The lowest BCUT2D eigenvalue weighted by atomic mass is 9.82. The summed E-state index contributed by atoms with van der Waals surface area (Å²) in [6, 6.07) is 0. The minimum absolute atomic E-state index is 0. The van der Waals surface area contributed by atoms with Crippen molar-refractivity contribution in [3.05, 3.63) is 0 Å². The summed E-state index contributed by atoms with van der Waals surface area (Å²) >= 11 is 0.